The minimum Gasteiger partial charge on any atom is -0.448 e. The number of carbonyl (C=O) groups is 2. The molecule has 0 aliphatic carbocycles. The molecule has 1 aliphatic heterocycles. The van der Waals surface area contributed by atoms with Crippen molar-refractivity contribution < 1.29 is 14.3 Å². The lowest BCUT2D eigenvalue weighted by Crippen LogP contribution is -2.38. The standard InChI is InChI=1S/C15H21N3O3/c1-17(2)8-9-21-15(20)16-12-10-14(19)18(11-12)13-6-4-3-5-7-13/h3-7,12H,8-11H2,1-2H3,(H,16,20)/t12-/m0/s1. The number of amides is 2. The van der Waals surface area contributed by atoms with E-state index in [2.05, 4.69) is 5.32 Å². The van der Waals surface area contributed by atoms with Crippen molar-refractivity contribution in [1.82, 2.24) is 10.2 Å². The first-order chi connectivity index (χ1) is 10.1. The fourth-order valence-electron chi connectivity index (χ4n) is 2.19. The van der Waals surface area contributed by atoms with Crippen LogP contribution in [0.2, 0.25) is 0 Å². The molecule has 2 rings (SSSR count). The van der Waals surface area contributed by atoms with Gasteiger partial charge in [0.1, 0.15) is 6.61 Å². The van der Waals surface area contributed by atoms with Gasteiger partial charge in [-0.05, 0) is 26.2 Å². The molecule has 1 aromatic carbocycles. The van der Waals surface area contributed by atoms with Gasteiger partial charge in [0.25, 0.3) is 0 Å². The number of rotatable bonds is 5. The molecule has 1 aliphatic rings. The third-order valence-electron chi connectivity index (χ3n) is 3.29. The van der Waals surface area contributed by atoms with E-state index in [1.165, 1.54) is 0 Å². The monoisotopic (exact) mass is 291 g/mol. The fraction of sp³-hybridized carbons (Fsp3) is 0.467. The molecule has 6 nitrogen and oxygen atoms in total. The Hall–Kier alpha value is -2.08. The average Bonchev–Trinajstić information content (AvgIpc) is 2.80. The maximum absolute atomic E-state index is 12.0. The van der Waals surface area contributed by atoms with Gasteiger partial charge in [0, 0.05) is 25.2 Å². The third kappa shape index (κ3) is 4.46. The van der Waals surface area contributed by atoms with Crippen LogP contribution in [-0.4, -0.2) is 56.7 Å². The van der Waals surface area contributed by atoms with E-state index in [0.717, 1.165) is 5.69 Å². The van der Waals surface area contributed by atoms with Gasteiger partial charge in [-0.3, -0.25) is 4.79 Å². The molecule has 0 spiro atoms. The molecule has 0 aromatic heterocycles. The summed E-state index contributed by atoms with van der Waals surface area (Å²) in [5.41, 5.74) is 0.854. The molecular weight excluding hydrogens is 270 g/mol. The molecule has 1 heterocycles. The van der Waals surface area contributed by atoms with Crippen molar-refractivity contribution in [2.45, 2.75) is 12.5 Å². The molecule has 0 saturated carbocycles. The first-order valence-corrected chi connectivity index (χ1v) is 6.99. The van der Waals surface area contributed by atoms with Gasteiger partial charge in [-0.1, -0.05) is 18.2 Å². The summed E-state index contributed by atoms with van der Waals surface area (Å²) in [7, 11) is 3.82. The van der Waals surface area contributed by atoms with Crippen LogP contribution in [0.3, 0.4) is 0 Å². The van der Waals surface area contributed by atoms with Crippen LogP contribution in [0, 0.1) is 0 Å². The predicted molar refractivity (Wildman–Crippen MR) is 80.2 cm³/mol. The van der Waals surface area contributed by atoms with Gasteiger partial charge in [0.05, 0.1) is 6.04 Å². The second-order valence-corrected chi connectivity index (χ2v) is 5.32. The van der Waals surface area contributed by atoms with Gasteiger partial charge in [-0.15, -0.1) is 0 Å². The van der Waals surface area contributed by atoms with Crippen LogP contribution in [0.25, 0.3) is 0 Å². The van der Waals surface area contributed by atoms with Crippen LogP contribution in [0.1, 0.15) is 6.42 Å². The summed E-state index contributed by atoms with van der Waals surface area (Å²) in [6.07, 6.45) is -0.165. The Bertz CT molecular complexity index is 490. The Labute approximate surface area is 124 Å². The molecule has 1 fully saturated rings. The molecule has 2 amide bonds. The fourth-order valence-corrected chi connectivity index (χ4v) is 2.19. The number of nitrogens with one attached hydrogen (secondary N) is 1. The second kappa shape index (κ2) is 7.08. The molecule has 6 heteroatoms. The number of benzene rings is 1. The Morgan fingerprint density at radius 1 is 1.38 bits per heavy atom. The van der Waals surface area contributed by atoms with Crippen LogP contribution < -0.4 is 10.2 Å². The van der Waals surface area contributed by atoms with E-state index < -0.39 is 6.09 Å². The van der Waals surface area contributed by atoms with E-state index in [9.17, 15) is 9.59 Å². The van der Waals surface area contributed by atoms with E-state index in [4.69, 9.17) is 4.74 Å². The number of carbonyl (C=O) groups excluding carboxylic acids is 2. The second-order valence-electron chi connectivity index (χ2n) is 5.32. The lowest BCUT2D eigenvalue weighted by molar-refractivity contribution is -0.117. The molecule has 21 heavy (non-hydrogen) atoms. The molecule has 1 N–H and O–H groups in total. The van der Waals surface area contributed by atoms with E-state index in [1.807, 2.05) is 49.3 Å². The zero-order chi connectivity index (χ0) is 15.2. The molecule has 1 aromatic rings. The zero-order valence-electron chi connectivity index (χ0n) is 12.4. The van der Waals surface area contributed by atoms with Crippen molar-refractivity contribution in [1.29, 1.82) is 0 Å². The summed E-state index contributed by atoms with van der Waals surface area (Å²) in [5, 5.41) is 2.74. The number of nitrogens with zero attached hydrogens (tertiary/aromatic N) is 2. The lowest BCUT2D eigenvalue weighted by atomic mass is 10.3. The van der Waals surface area contributed by atoms with Gasteiger partial charge < -0.3 is 19.9 Å². The first-order valence-electron chi connectivity index (χ1n) is 6.99. The van der Waals surface area contributed by atoms with Crippen LogP contribution in [-0.2, 0) is 9.53 Å². The topological polar surface area (TPSA) is 61.9 Å². The van der Waals surface area contributed by atoms with E-state index in [0.29, 0.717) is 26.1 Å². The number of para-hydroxylation sites is 1. The third-order valence-corrected chi connectivity index (χ3v) is 3.29. The minimum absolute atomic E-state index is 0.0137. The van der Waals surface area contributed by atoms with Crippen molar-refractivity contribution in [3.05, 3.63) is 30.3 Å². The first kappa shape index (κ1) is 15.3. The summed E-state index contributed by atoms with van der Waals surface area (Å²) in [4.78, 5) is 27.3. The molecule has 1 atom stereocenters. The minimum atomic E-state index is -0.468. The van der Waals surface area contributed by atoms with Crippen LogP contribution in [0.4, 0.5) is 10.5 Å². The average molecular weight is 291 g/mol. The maximum atomic E-state index is 12.0. The van der Waals surface area contributed by atoms with Crippen LogP contribution >= 0.6 is 0 Å². The number of anilines is 1. The molecule has 0 bridgehead atoms. The van der Waals surface area contributed by atoms with E-state index in [-0.39, 0.29) is 11.9 Å². The summed E-state index contributed by atoms with van der Waals surface area (Å²) in [6.45, 7) is 1.49. The van der Waals surface area contributed by atoms with Crippen LogP contribution in [0.5, 0.6) is 0 Å². The SMILES string of the molecule is CN(C)CCOC(=O)N[C@H]1CC(=O)N(c2ccccc2)C1. The molecular formula is C15H21N3O3. The van der Waals surface area contributed by atoms with Gasteiger partial charge in [0.2, 0.25) is 5.91 Å². The molecule has 114 valence electrons. The van der Waals surface area contributed by atoms with Gasteiger partial charge in [0.15, 0.2) is 0 Å². The predicted octanol–water partition coefficient (Wildman–Crippen LogP) is 1.08. The lowest BCUT2D eigenvalue weighted by Gasteiger charge is -2.17. The van der Waals surface area contributed by atoms with Crippen LogP contribution in [0.15, 0.2) is 30.3 Å². The highest BCUT2D eigenvalue weighted by atomic mass is 16.5. The Kier molecular flexibility index (Phi) is 5.16. The quantitative estimate of drug-likeness (QED) is 0.882. The summed E-state index contributed by atoms with van der Waals surface area (Å²) < 4.78 is 5.07. The summed E-state index contributed by atoms with van der Waals surface area (Å²) in [6, 6.07) is 9.25. The van der Waals surface area contributed by atoms with Gasteiger partial charge in [-0.2, -0.15) is 0 Å². The number of ether oxygens (including phenoxy) is 1. The molecule has 0 unspecified atom stereocenters. The maximum Gasteiger partial charge on any atom is 0.407 e. The van der Waals surface area contributed by atoms with Crippen molar-refractivity contribution >= 4 is 17.7 Å². The van der Waals surface area contributed by atoms with Crippen molar-refractivity contribution in [2.24, 2.45) is 0 Å². The van der Waals surface area contributed by atoms with Crippen molar-refractivity contribution in [3.8, 4) is 0 Å². The number of hydrogen-bond donors (Lipinski definition) is 1. The summed E-state index contributed by atoms with van der Waals surface area (Å²) >= 11 is 0. The highest BCUT2D eigenvalue weighted by Gasteiger charge is 2.31. The number of alkyl carbamates (subject to hydrolysis) is 1. The van der Waals surface area contributed by atoms with E-state index >= 15 is 0 Å². The zero-order valence-corrected chi connectivity index (χ0v) is 12.4. The number of likely N-dealkylation sites (N-methyl/N-ethyl adjacent to an activating group) is 1. The van der Waals surface area contributed by atoms with Crippen molar-refractivity contribution in [3.63, 3.8) is 0 Å². The van der Waals surface area contributed by atoms with Crippen molar-refractivity contribution in [2.75, 3.05) is 38.7 Å². The molecule has 0 radical (unpaired) electrons. The van der Waals surface area contributed by atoms with Gasteiger partial charge >= 0.3 is 6.09 Å². The van der Waals surface area contributed by atoms with E-state index in [1.54, 1.807) is 4.90 Å². The number of hydrogen-bond acceptors (Lipinski definition) is 4. The largest absolute Gasteiger partial charge is 0.448 e. The van der Waals surface area contributed by atoms with Gasteiger partial charge in [-0.25, -0.2) is 4.79 Å². The highest BCUT2D eigenvalue weighted by Crippen LogP contribution is 2.20. The summed E-state index contributed by atoms with van der Waals surface area (Å²) in [5.74, 6) is 0.0137. The normalized spacial score (nSPS) is 18.1. The highest BCUT2D eigenvalue weighted by molar-refractivity contribution is 5.96. The molecule has 1 saturated heterocycles. The Morgan fingerprint density at radius 2 is 2.10 bits per heavy atom. The Morgan fingerprint density at radius 3 is 2.76 bits per heavy atom. The smallest absolute Gasteiger partial charge is 0.407 e. The Balaban J connectivity index is 1.81.